The van der Waals surface area contributed by atoms with E-state index in [1.54, 1.807) is 27.7 Å². The predicted octanol–water partition coefficient (Wildman–Crippen LogP) is 2.49. The fraction of sp³-hybridized carbons (Fsp3) is 0.429. The summed E-state index contributed by atoms with van der Waals surface area (Å²) in [4.78, 5) is 21.1. The molecule has 0 radical (unpaired) electrons. The highest BCUT2D eigenvalue weighted by atomic mass is 31.2. The van der Waals surface area contributed by atoms with Gasteiger partial charge in [0.25, 0.3) is 11.3 Å². The van der Waals surface area contributed by atoms with E-state index >= 15 is 0 Å². The molecular weight excluding hydrogens is 379 g/mol. The van der Waals surface area contributed by atoms with Crippen LogP contribution in [0.1, 0.15) is 27.7 Å². The Morgan fingerprint density at radius 1 is 1.15 bits per heavy atom. The van der Waals surface area contributed by atoms with Crippen LogP contribution >= 0.6 is 7.60 Å². The number of anilines is 1. The molecule has 27 heavy (non-hydrogen) atoms. The number of nitrogens with two attached hydrogens (primary N) is 1. The molecular formula is C14H23N6O6P. The minimum atomic E-state index is -3.96. The molecule has 0 heterocycles. The van der Waals surface area contributed by atoms with E-state index < -0.39 is 30.8 Å². The Morgan fingerprint density at radius 2 is 1.67 bits per heavy atom. The predicted molar refractivity (Wildman–Crippen MR) is 100 cm³/mol. The number of hydrogen-bond acceptors (Lipinski definition) is 8. The summed E-state index contributed by atoms with van der Waals surface area (Å²) in [6, 6.07) is 4.39. The molecule has 2 amide bonds. The summed E-state index contributed by atoms with van der Waals surface area (Å²) in [7, 11) is -3.96. The Labute approximate surface area is 156 Å². The number of nitro benzene ring substituents is 1. The van der Waals surface area contributed by atoms with Crippen LogP contribution < -0.4 is 22.0 Å². The maximum Gasteiger partial charge on any atom is 0.400 e. The van der Waals surface area contributed by atoms with Gasteiger partial charge in [0.15, 0.2) is 0 Å². The number of non-ortho nitro benzene ring substituents is 1. The lowest BCUT2D eigenvalue weighted by molar-refractivity contribution is -0.384. The number of nitrogens with zero attached hydrogens (tertiary/aromatic N) is 2. The minimum Gasteiger partial charge on any atom is -0.350 e. The molecule has 0 aliphatic carbocycles. The second kappa shape index (κ2) is 9.86. The number of benzene rings is 1. The van der Waals surface area contributed by atoms with Gasteiger partial charge in [0.1, 0.15) is 0 Å². The average molecular weight is 402 g/mol. The molecule has 1 aromatic rings. The maximum atomic E-state index is 13.2. The lowest BCUT2D eigenvalue weighted by atomic mass is 10.3. The van der Waals surface area contributed by atoms with E-state index in [1.807, 2.05) is 0 Å². The van der Waals surface area contributed by atoms with Crippen LogP contribution in [0.2, 0.25) is 0 Å². The van der Waals surface area contributed by atoms with Crippen molar-refractivity contribution in [1.29, 1.82) is 0 Å². The summed E-state index contributed by atoms with van der Waals surface area (Å²) in [5.74, 6) is 0. The second-order valence-electron chi connectivity index (χ2n) is 5.77. The normalized spacial score (nSPS) is 12.1. The van der Waals surface area contributed by atoms with Crippen LogP contribution in [0.5, 0.6) is 0 Å². The highest BCUT2D eigenvalue weighted by molar-refractivity contribution is 7.72. The highest BCUT2D eigenvalue weighted by Crippen LogP contribution is 2.51. The van der Waals surface area contributed by atoms with Gasteiger partial charge in [-0.2, -0.15) is 0 Å². The Bertz CT molecular complexity index is 722. The first-order chi connectivity index (χ1) is 12.5. The molecule has 12 nitrogen and oxygen atoms in total. The van der Waals surface area contributed by atoms with Gasteiger partial charge in [0.2, 0.25) is 0 Å². The molecule has 0 aliphatic rings. The Morgan fingerprint density at radius 3 is 2.07 bits per heavy atom. The number of primary amides is 1. The monoisotopic (exact) mass is 402 g/mol. The number of rotatable bonds is 8. The van der Waals surface area contributed by atoms with Crippen LogP contribution in [-0.4, -0.2) is 28.7 Å². The summed E-state index contributed by atoms with van der Waals surface area (Å²) in [5, 5.41) is 14.6. The molecule has 13 heteroatoms. The van der Waals surface area contributed by atoms with E-state index in [-0.39, 0.29) is 11.3 Å². The van der Waals surface area contributed by atoms with Crippen LogP contribution in [0.3, 0.4) is 0 Å². The van der Waals surface area contributed by atoms with E-state index in [4.69, 9.17) is 14.8 Å². The molecule has 0 unspecified atom stereocenters. The third-order valence-electron chi connectivity index (χ3n) is 2.63. The summed E-state index contributed by atoms with van der Waals surface area (Å²) in [6.45, 7) is 6.61. The van der Waals surface area contributed by atoms with Gasteiger partial charge in [-0.25, -0.2) is 4.79 Å². The van der Waals surface area contributed by atoms with Crippen LogP contribution in [0, 0.1) is 10.1 Å². The van der Waals surface area contributed by atoms with E-state index in [1.165, 1.54) is 24.3 Å². The topological polar surface area (TPSA) is 170 Å². The lowest BCUT2D eigenvalue weighted by Gasteiger charge is -2.24. The molecule has 0 saturated heterocycles. The fourth-order valence-electron chi connectivity index (χ4n) is 1.73. The number of amides is 2. The van der Waals surface area contributed by atoms with Gasteiger partial charge in [0.05, 0.1) is 22.8 Å². The minimum absolute atomic E-state index is 0.102. The molecule has 0 aliphatic heterocycles. The summed E-state index contributed by atoms with van der Waals surface area (Å²) in [6.07, 6.45) is -0.955. The Balaban J connectivity index is 3.15. The molecule has 0 saturated carbocycles. The van der Waals surface area contributed by atoms with Gasteiger partial charge in [-0.1, -0.05) is 0 Å². The van der Waals surface area contributed by atoms with Gasteiger partial charge in [-0.05, 0) is 39.8 Å². The number of nitro groups is 1. The smallest absolute Gasteiger partial charge is 0.350 e. The standard InChI is InChI=1S/C14H23N6O6P/c1-9(2)25-27(24,26-10(3)4)14(19-17-13(15)21)18-16-11-5-7-12(8-6-11)20(22)23/h5-10,16H,1-4H3,(H,18,19)(H3,15,17,21). The SMILES string of the molecule is CC(C)OP(=O)(OC(C)C)/C(=N/Nc1ccc([N+](=O)[O-])cc1)NNC(N)=O. The van der Waals surface area contributed by atoms with Crippen molar-refractivity contribution in [2.45, 2.75) is 39.9 Å². The van der Waals surface area contributed by atoms with Crippen molar-refractivity contribution >= 4 is 30.6 Å². The number of urea groups is 1. The zero-order valence-corrected chi connectivity index (χ0v) is 16.2. The number of hydrogen-bond donors (Lipinski definition) is 4. The van der Waals surface area contributed by atoms with Crippen LogP contribution in [-0.2, 0) is 13.6 Å². The van der Waals surface area contributed by atoms with Crippen molar-refractivity contribution in [2.24, 2.45) is 10.8 Å². The van der Waals surface area contributed by atoms with Gasteiger partial charge in [-0.3, -0.25) is 31.0 Å². The number of carbonyl (C=O) groups is 1. The van der Waals surface area contributed by atoms with Gasteiger partial charge >= 0.3 is 13.6 Å². The van der Waals surface area contributed by atoms with Crippen molar-refractivity contribution in [3.63, 3.8) is 0 Å². The summed E-state index contributed by atoms with van der Waals surface area (Å²) >= 11 is 0. The van der Waals surface area contributed by atoms with E-state index in [0.29, 0.717) is 5.69 Å². The zero-order chi connectivity index (χ0) is 20.6. The number of amidine groups is 1. The largest absolute Gasteiger partial charge is 0.400 e. The van der Waals surface area contributed by atoms with Crippen molar-refractivity contribution in [1.82, 2.24) is 10.9 Å². The van der Waals surface area contributed by atoms with E-state index in [0.717, 1.165) is 0 Å². The lowest BCUT2D eigenvalue weighted by Crippen LogP contribution is -2.45. The van der Waals surface area contributed by atoms with Crippen LogP contribution in [0.4, 0.5) is 16.2 Å². The van der Waals surface area contributed by atoms with E-state index in [9.17, 15) is 19.5 Å². The van der Waals surface area contributed by atoms with Crippen molar-refractivity contribution in [3.05, 3.63) is 34.4 Å². The fourth-order valence-corrected chi connectivity index (χ4v) is 3.45. The Kier molecular flexibility index (Phi) is 8.16. The first-order valence-electron chi connectivity index (χ1n) is 7.90. The summed E-state index contributed by atoms with van der Waals surface area (Å²) < 4.78 is 24.0. The molecule has 150 valence electrons. The van der Waals surface area contributed by atoms with Crippen molar-refractivity contribution in [3.8, 4) is 0 Å². The Hall–Kier alpha value is -2.69. The molecule has 0 bridgehead atoms. The molecule has 0 aromatic heterocycles. The van der Waals surface area contributed by atoms with Crippen molar-refractivity contribution < 1.29 is 23.3 Å². The summed E-state index contributed by atoms with van der Waals surface area (Å²) in [5.41, 5.74) is 11.9. The van der Waals surface area contributed by atoms with Gasteiger partial charge in [-0.15, -0.1) is 5.10 Å². The third-order valence-corrected chi connectivity index (χ3v) is 4.75. The van der Waals surface area contributed by atoms with Crippen LogP contribution in [0.15, 0.2) is 29.4 Å². The molecule has 0 atom stereocenters. The first-order valence-corrected chi connectivity index (χ1v) is 9.44. The van der Waals surface area contributed by atoms with Gasteiger partial charge in [0, 0.05) is 12.1 Å². The molecule has 1 aromatic carbocycles. The van der Waals surface area contributed by atoms with Crippen molar-refractivity contribution in [2.75, 3.05) is 5.43 Å². The van der Waals surface area contributed by atoms with Crippen LogP contribution in [0.25, 0.3) is 0 Å². The number of hydrazine groups is 1. The molecule has 1 rings (SSSR count). The quantitative estimate of drug-likeness (QED) is 0.169. The highest BCUT2D eigenvalue weighted by Gasteiger charge is 2.36. The second-order valence-corrected chi connectivity index (χ2v) is 7.61. The maximum absolute atomic E-state index is 13.2. The number of hydrazone groups is 1. The third kappa shape index (κ3) is 7.60. The van der Waals surface area contributed by atoms with Gasteiger partial charge < -0.3 is 14.8 Å². The molecule has 5 N–H and O–H groups in total. The first kappa shape index (κ1) is 22.4. The zero-order valence-electron chi connectivity index (χ0n) is 15.3. The average Bonchev–Trinajstić information content (AvgIpc) is 2.53. The molecule has 0 fully saturated rings. The van der Waals surface area contributed by atoms with E-state index in [2.05, 4.69) is 21.4 Å². The number of carbonyl (C=O) groups excluding carboxylic acids is 1. The molecule has 0 spiro atoms. The number of nitrogens with one attached hydrogen (secondary N) is 3.